The minimum Gasteiger partial charge on any atom is -0.354 e. The molecule has 3 heterocycles. The Balaban J connectivity index is 0.00000204. The van der Waals surface area contributed by atoms with Crippen LogP contribution in [0.15, 0.2) is 47.5 Å². The van der Waals surface area contributed by atoms with Gasteiger partial charge in [-0.05, 0) is 43.7 Å². The average Bonchev–Trinajstić information content (AvgIpc) is 2.79. The van der Waals surface area contributed by atoms with E-state index in [1.807, 2.05) is 18.3 Å². The SMILES string of the molecule is CC(C)N1CCN(c2ccc(-c3ccc(S(=O)(=O)N4CCS(=O)(=O)CC4)cc3)cn2)CC1.Cl.Cl. The molecule has 0 saturated carbocycles. The lowest BCUT2D eigenvalue weighted by Gasteiger charge is -2.37. The quantitative estimate of drug-likeness (QED) is 0.564. The molecular weight excluding hydrogens is 519 g/mol. The number of rotatable bonds is 5. The monoisotopic (exact) mass is 550 g/mol. The van der Waals surface area contributed by atoms with Gasteiger partial charge in [0.25, 0.3) is 0 Å². The smallest absolute Gasteiger partial charge is 0.243 e. The van der Waals surface area contributed by atoms with Crippen LogP contribution in [-0.4, -0.2) is 87.8 Å². The zero-order chi connectivity index (χ0) is 22.9. The van der Waals surface area contributed by atoms with E-state index in [0.29, 0.717) is 6.04 Å². The van der Waals surface area contributed by atoms with E-state index >= 15 is 0 Å². The number of halogens is 2. The van der Waals surface area contributed by atoms with Crippen molar-refractivity contribution in [1.29, 1.82) is 0 Å². The predicted molar refractivity (Wildman–Crippen MR) is 141 cm³/mol. The van der Waals surface area contributed by atoms with E-state index in [4.69, 9.17) is 0 Å². The molecule has 0 spiro atoms. The Hall–Kier alpha value is -1.43. The summed E-state index contributed by atoms with van der Waals surface area (Å²) in [7, 11) is -6.84. The number of sulfone groups is 1. The van der Waals surface area contributed by atoms with Crippen LogP contribution in [0.3, 0.4) is 0 Å². The summed E-state index contributed by atoms with van der Waals surface area (Å²) < 4.78 is 50.1. The van der Waals surface area contributed by atoms with Gasteiger partial charge >= 0.3 is 0 Å². The predicted octanol–water partition coefficient (Wildman–Crippen LogP) is 2.54. The van der Waals surface area contributed by atoms with Gasteiger partial charge < -0.3 is 4.90 Å². The van der Waals surface area contributed by atoms with Crippen LogP contribution >= 0.6 is 24.8 Å². The standard InChI is InChI=1S/C22H30N4O4S2.2ClH/c1-18(2)24-9-11-25(12-10-24)22-8-5-20(17-23-22)19-3-6-21(7-4-19)32(29,30)26-13-15-31(27,28)16-14-26;;/h3-8,17-18H,9-16H2,1-2H3;2*1H. The lowest BCUT2D eigenvalue weighted by atomic mass is 10.1. The van der Waals surface area contributed by atoms with Gasteiger partial charge in [-0.1, -0.05) is 12.1 Å². The van der Waals surface area contributed by atoms with E-state index < -0.39 is 19.9 Å². The molecule has 2 aromatic rings. The lowest BCUT2D eigenvalue weighted by Crippen LogP contribution is -2.49. The Kier molecular flexibility index (Phi) is 9.77. The van der Waals surface area contributed by atoms with Crippen molar-refractivity contribution in [2.45, 2.75) is 24.8 Å². The van der Waals surface area contributed by atoms with Gasteiger partial charge in [-0.2, -0.15) is 4.31 Å². The highest BCUT2D eigenvalue weighted by molar-refractivity contribution is 7.92. The van der Waals surface area contributed by atoms with Gasteiger partial charge in [-0.3, -0.25) is 4.90 Å². The number of pyridine rings is 1. The highest BCUT2D eigenvalue weighted by atomic mass is 35.5. The van der Waals surface area contributed by atoms with E-state index in [1.165, 1.54) is 4.31 Å². The summed E-state index contributed by atoms with van der Waals surface area (Å²) in [5.41, 5.74) is 1.80. The third kappa shape index (κ3) is 6.41. The van der Waals surface area contributed by atoms with Crippen LogP contribution < -0.4 is 4.90 Å². The molecule has 2 aliphatic heterocycles. The number of aromatic nitrogens is 1. The first kappa shape index (κ1) is 28.8. The largest absolute Gasteiger partial charge is 0.354 e. The average molecular weight is 552 g/mol. The van der Waals surface area contributed by atoms with Crippen molar-refractivity contribution in [1.82, 2.24) is 14.2 Å². The van der Waals surface area contributed by atoms with Crippen LogP contribution in [0, 0.1) is 0 Å². The fourth-order valence-corrected chi connectivity index (χ4v) is 6.99. The molecule has 0 bridgehead atoms. The van der Waals surface area contributed by atoms with Gasteiger partial charge in [0.05, 0.1) is 16.4 Å². The van der Waals surface area contributed by atoms with Crippen LogP contribution in [0.1, 0.15) is 13.8 Å². The molecule has 0 atom stereocenters. The fourth-order valence-electron chi connectivity index (χ4n) is 4.12. The van der Waals surface area contributed by atoms with E-state index in [1.54, 1.807) is 24.3 Å². The van der Waals surface area contributed by atoms with Crippen LogP contribution in [-0.2, 0) is 19.9 Å². The number of hydrogen-bond donors (Lipinski definition) is 0. The van der Waals surface area contributed by atoms with E-state index in [-0.39, 0.29) is 54.3 Å². The summed E-state index contributed by atoms with van der Waals surface area (Å²) in [6, 6.07) is 11.3. The van der Waals surface area contributed by atoms with Crippen LogP contribution in [0.2, 0.25) is 0 Å². The molecule has 8 nitrogen and oxygen atoms in total. The number of sulfonamides is 1. The minimum absolute atomic E-state index is 0. The zero-order valence-electron chi connectivity index (χ0n) is 19.3. The second kappa shape index (κ2) is 11.5. The molecule has 34 heavy (non-hydrogen) atoms. The number of benzene rings is 1. The molecule has 0 unspecified atom stereocenters. The van der Waals surface area contributed by atoms with E-state index in [2.05, 4.69) is 28.6 Å². The molecule has 2 aliphatic rings. The number of hydrogen-bond acceptors (Lipinski definition) is 7. The maximum absolute atomic E-state index is 12.8. The summed E-state index contributed by atoms with van der Waals surface area (Å²) in [6.07, 6.45) is 1.82. The van der Waals surface area contributed by atoms with E-state index in [9.17, 15) is 16.8 Å². The summed E-state index contributed by atoms with van der Waals surface area (Å²) in [4.78, 5) is 9.56. The number of nitrogens with zero attached hydrogens (tertiary/aromatic N) is 4. The van der Waals surface area contributed by atoms with Crippen LogP contribution in [0.25, 0.3) is 11.1 Å². The molecule has 0 radical (unpaired) electrons. The summed E-state index contributed by atoms with van der Waals surface area (Å²) in [6.45, 7) is 8.41. The number of piperazine rings is 1. The third-order valence-corrected chi connectivity index (χ3v) is 9.77. The topological polar surface area (TPSA) is 90.9 Å². The molecule has 0 amide bonds. The van der Waals surface area contributed by atoms with Gasteiger partial charge in [0.15, 0.2) is 9.84 Å². The molecule has 2 saturated heterocycles. The van der Waals surface area contributed by atoms with Gasteiger partial charge in [0, 0.05) is 57.1 Å². The van der Waals surface area contributed by atoms with Crippen LogP contribution in [0.5, 0.6) is 0 Å². The Morgan fingerprint density at radius 3 is 1.88 bits per heavy atom. The molecule has 190 valence electrons. The van der Waals surface area contributed by atoms with Crippen molar-refractivity contribution >= 4 is 50.5 Å². The normalized spacial score (nSPS) is 19.3. The molecular formula is C22H32Cl2N4O4S2. The molecule has 1 aromatic carbocycles. The first-order valence-corrected chi connectivity index (χ1v) is 14.2. The maximum atomic E-state index is 12.8. The molecule has 4 rings (SSSR count). The lowest BCUT2D eigenvalue weighted by molar-refractivity contribution is 0.209. The van der Waals surface area contributed by atoms with Gasteiger partial charge in [0.2, 0.25) is 10.0 Å². The molecule has 2 fully saturated rings. The Morgan fingerprint density at radius 1 is 0.824 bits per heavy atom. The third-order valence-electron chi connectivity index (χ3n) is 6.25. The van der Waals surface area contributed by atoms with Gasteiger partial charge in [-0.25, -0.2) is 21.8 Å². The van der Waals surface area contributed by atoms with Crippen molar-refractivity contribution in [3.8, 4) is 11.1 Å². The second-order valence-corrected chi connectivity index (χ2v) is 12.8. The van der Waals surface area contributed by atoms with Crippen molar-refractivity contribution in [3.05, 3.63) is 42.6 Å². The van der Waals surface area contributed by atoms with Crippen molar-refractivity contribution in [2.75, 3.05) is 55.7 Å². The summed E-state index contributed by atoms with van der Waals surface area (Å²) in [5, 5.41) is 0. The molecule has 0 N–H and O–H groups in total. The highest BCUT2D eigenvalue weighted by Gasteiger charge is 2.31. The Bertz CT molecular complexity index is 1140. The van der Waals surface area contributed by atoms with Crippen molar-refractivity contribution in [2.24, 2.45) is 0 Å². The number of anilines is 1. The van der Waals surface area contributed by atoms with E-state index in [0.717, 1.165) is 43.1 Å². The maximum Gasteiger partial charge on any atom is 0.243 e. The first-order valence-electron chi connectivity index (χ1n) is 10.9. The zero-order valence-corrected chi connectivity index (χ0v) is 22.6. The van der Waals surface area contributed by atoms with Crippen molar-refractivity contribution < 1.29 is 16.8 Å². The summed E-state index contributed by atoms with van der Waals surface area (Å²) >= 11 is 0. The Morgan fingerprint density at radius 2 is 1.38 bits per heavy atom. The molecule has 0 aliphatic carbocycles. The van der Waals surface area contributed by atoms with Gasteiger partial charge in [-0.15, -0.1) is 24.8 Å². The molecule has 12 heteroatoms. The minimum atomic E-state index is -3.70. The Labute approximate surface area is 215 Å². The first-order chi connectivity index (χ1) is 15.2. The fraction of sp³-hybridized carbons (Fsp3) is 0.500. The van der Waals surface area contributed by atoms with Crippen LogP contribution in [0.4, 0.5) is 5.82 Å². The highest BCUT2D eigenvalue weighted by Crippen LogP contribution is 2.25. The molecule has 1 aromatic heterocycles. The summed E-state index contributed by atoms with van der Waals surface area (Å²) in [5.74, 6) is 0.695. The second-order valence-electron chi connectivity index (χ2n) is 8.60. The van der Waals surface area contributed by atoms with Gasteiger partial charge in [0.1, 0.15) is 5.82 Å². The van der Waals surface area contributed by atoms with Crippen molar-refractivity contribution in [3.63, 3.8) is 0 Å².